The molecule has 0 radical (unpaired) electrons. The first-order valence-electron chi connectivity index (χ1n) is 4.51. The Bertz CT molecular complexity index is 502. The van der Waals surface area contributed by atoms with Crippen LogP contribution in [0.2, 0.25) is 0 Å². The minimum Gasteiger partial charge on any atom is -0.477 e. The average Bonchev–Trinajstić information content (AvgIpc) is 2.61. The van der Waals surface area contributed by atoms with Crippen molar-refractivity contribution in [3.63, 3.8) is 0 Å². The molecule has 0 unspecified atom stereocenters. The molecule has 3 N–H and O–H groups in total. The topological polar surface area (TPSA) is 108 Å². The molecule has 0 atom stereocenters. The summed E-state index contributed by atoms with van der Waals surface area (Å²) in [6, 6.07) is 0.845. The van der Waals surface area contributed by atoms with E-state index < -0.39 is 16.0 Å². The summed E-state index contributed by atoms with van der Waals surface area (Å²) < 4.78 is 30.6. The highest BCUT2D eigenvalue weighted by Gasteiger charge is 2.26. The molecule has 1 saturated heterocycles. The van der Waals surface area contributed by atoms with Gasteiger partial charge < -0.3 is 14.8 Å². The number of ether oxygens (including phenoxy) is 1. The Morgan fingerprint density at radius 3 is 2.69 bits per heavy atom. The Morgan fingerprint density at radius 2 is 2.25 bits per heavy atom. The molecule has 1 aromatic heterocycles. The monoisotopic (exact) mass is 246 g/mol. The van der Waals surface area contributed by atoms with Gasteiger partial charge in [-0.25, -0.2) is 17.9 Å². The highest BCUT2D eigenvalue weighted by atomic mass is 32.2. The molecule has 0 bridgehead atoms. The molecular formula is C8H10N2O5S. The van der Waals surface area contributed by atoms with Gasteiger partial charge in [-0.2, -0.15) is 0 Å². The van der Waals surface area contributed by atoms with Crippen molar-refractivity contribution in [2.45, 2.75) is 10.9 Å². The molecule has 2 rings (SSSR count). The first-order valence-corrected chi connectivity index (χ1v) is 5.99. The highest BCUT2D eigenvalue weighted by Crippen LogP contribution is 2.13. The number of nitrogens with one attached hydrogen (secondary N) is 2. The lowest BCUT2D eigenvalue weighted by Gasteiger charge is -2.26. The summed E-state index contributed by atoms with van der Waals surface area (Å²) in [5.74, 6) is -1.20. The Kier molecular flexibility index (Phi) is 2.70. The van der Waals surface area contributed by atoms with Crippen LogP contribution in [0.3, 0.4) is 0 Å². The van der Waals surface area contributed by atoms with Crippen molar-refractivity contribution in [1.29, 1.82) is 0 Å². The fourth-order valence-corrected chi connectivity index (χ4v) is 2.44. The molecule has 0 amide bonds. The predicted octanol–water partition coefficient (Wildman–Crippen LogP) is -0.610. The minimum atomic E-state index is -3.66. The van der Waals surface area contributed by atoms with Gasteiger partial charge in [0.05, 0.1) is 19.3 Å². The zero-order valence-corrected chi connectivity index (χ0v) is 8.95. The maximum Gasteiger partial charge on any atom is 0.352 e. The van der Waals surface area contributed by atoms with Gasteiger partial charge in [0.15, 0.2) is 0 Å². The minimum absolute atomic E-state index is 0.0863. The number of H-pyrrole nitrogens is 1. The number of sulfonamides is 1. The first-order chi connectivity index (χ1) is 7.49. The molecule has 0 spiro atoms. The van der Waals surface area contributed by atoms with Crippen molar-refractivity contribution < 1.29 is 23.1 Å². The number of aromatic carboxylic acids is 1. The van der Waals surface area contributed by atoms with Crippen molar-refractivity contribution in [1.82, 2.24) is 9.71 Å². The molecular weight excluding hydrogens is 236 g/mol. The van der Waals surface area contributed by atoms with E-state index in [4.69, 9.17) is 9.84 Å². The van der Waals surface area contributed by atoms with Crippen LogP contribution >= 0.6 is 0 Å². The van der Waals surface area contributed by atoms with Gasteiger partial charge in [0.2, 0.25) is 10.0 Å². The number of rotatable bonds is 4. The smallest absolute Gasteiger partial charge is 0.352 e. The number of aromatic amines is 1. The van der Waals surface area contributed by atoms with Crippen LogP contribution < -0.4 is 4.72 Å². The molecule has 0 aliphatic carbocycles. The molecule has 0 aromatic carbocycles. The van der Waals surface area contributed by atoms with Crippen LogP contribution in [0.5, 0.6) is 0 Å². The number of hydrogen-bond donors (Lipinski definition) is 3. The van der Waals surface area contributed by atoms with E-state index in [2.05, 4.69) is 9.71 Å². The van der Waals surface area contributed by atoms with Crippen LogP contribution in [0.1, 0.15) is 10.5 Å². The van der Waals surface area contributed by atoms with Gasteiger partial charge in [-0.3, -0.25) is 0 Å². The summed E-state index contributed by atoms with van der Waals surface area (Å²) in [5, 5.41) is 8.64. The molecule has 16 heavy (non-hydrogen) atoms. The second-order valence-electron chi connectivity index (χ2n) is 3.41. The van der Waals surface area contributed by atoms with E-state index in [1.807, 2.05) is 0 Å². The lowest BCUT2D eigenvalue weighted by atomic mass is 10.3. The van der Waals surface area contributed by atoms with Crippen molar-refractivity contribution in [2.75, 3.05) is 13.2 Å². The molecule has 1 aliphatic rings. The first kappa shape index (κ1) is 11.1. The summed E-state index contributed by atoms with van der Waals surface area (Å²) >= 11 is 0. The Balaban J connectivity index is 2.17. The lowest BCUT2D eigenvalue weighted by Crippen LogP contribution is -2.48. The molecule has 1 aromatic rings. The normalized spacial score (nSPS) is 17.0. The third kappa shape index (κ3) is 2.08. The molecule has 0 saturated carbocycles. The van der Waals surface area contributed by atoms with Crippen LogP contribution in [0, 0.1) is 0 Å². The summed E-state index contributed by atoms with van der Waals surface area (Å²) in [7, 11) is -3.66. The van der Waals surface area contributed by atoms with E-state index >= 15 is 0 Å². The van der Waals surface area contributed by atoms with Crippen molar-refractivity contribution in [3.8, 4) is 0 Å². The fraction of sp³-hybridized carbons (Fsp3) is 0.375. The lowest BCUT2D eigenvalue weighted by molar-refractivity contribution is 0.00482. The van der Waals surface area contributed by atoms with Gasteiger partial charge in [-0.1, -0.05) is 0 Å². The summed E-state index contributed by atoms with van der Waals surface area (Å²) in [4.78, 5) is 12.8. The fourth-order valence-electron chi connectivity index (χ4n) is 1.24. The summed E-state index contributed by atoms with van der Waals surface area (Å²) in [5.41, 5.74) is -0.162. The van der Waals surface area contributed by atoms with Crippen LogP contribution in [0.25, 0.3) is 0 Å². The van der Waals surface area contributed by atoms with Gasteiger partial charge >= 0.3 is 5.97 Å². The van der Waals surface area contributed by atoms with E-state index in [9.17, 15) is 13.2 Å². The van der Waals surface area contributed by atoms with Gasteiger partial charge in [-0.05, 0) is 6.07 Å². The zero-order valence-electron chi connectivity index (χ0n) is 8.13. The average molecular weight is 246 g/mol. The van der Waals surface area contributed by atoms with Crippen molar-refractivity contribution >= 4 is 16.0 Å². The number of carboxylic acids is 1. The summed E-state index contributed by atoms with van der Waals surface area (Å²) in [6.07, 6.45) is 1.14. The van der Waals surface area contributed by atoms with Crippen molar-refractivity contribution in [2.24, 2.45) is 0 Å². The molecule has 7 nitrogen and oxygen atoms in total. The van der Waals surface area contributed by atoms with Crippen LogP contribution in [-0.2, 0) is 14.8 Å². The second-order valence-corrected chi connectivity index (χ2v) is 5.12. The van der Waals surface area contributed by atoms with Crippen molar-refractivity contribution in [3.05, 3.63) is 18.0 Å². The quantitative estimate of drug-likeness (QED) is 0.656. The molecule has 1 aliphatic heterocycles. The maximum atomic E-state index is 11.7. The van der Waals surface area contributed by atoms with E-state index in [1.165, 1.54) is 0 Å². The van der Waals surface area contributed by atoms with Crippen LogP contribution in [-0.4, -0.2) is 43.7 Å². The van der Waals surface area contributed by atoms with Crippen LogP contribution in [0.4, 0.5) is 0 Å². The third-order valence-corrected chi connectivity index (χ3v) is 3.66. The highest BCUT2D eigenvalue weighted by molar-refractivity contribution is 7.89. The SMILES string of the molecule is O=C(O)c1cc(S(=O)(=O)NC2COC2)c[nH]1. The molecule has 8 heteroatoms. The largest absolute Gasteiger partial charge is 0.477 e. The standard InChI is InChI=1S/C8H10N2O5S/c11-8(12)7-1-6(2-9-7)16(13,14)10-5-3-15-4-5/h1-2,5,9-10H,3-4H2,(H,11,12). The number of carbonyl (C=O) groups is 1. The molecule has 2 heterocycles. The van der Waals surface area contributed by atoms with Gasteiger partial charge in [0, 0.05) is 6.20 Å². The number of hydrogen-bond acceptors (Lipinski definition) is 4. The Morgan fingerprint density at radius 1 is 1.56 bits per heavy atom. The van der Waals surface area contributed by atoms with E-state index in [0.29, 0.717) is 13.2 Å². The van der Waals surface area contributed by atoms with Gasteiger partial charge in [-0.15, -0.1) is 0 Å². The Hall–Kier alpha value is -1.38. The van der Waals surface area contributed by atoms with E-state index in [0.717, 1.165) is 12.3 Å². The van der Waals surface area contributed by atoms with Gasteiger partial charge in [0.25, 0.3) is 0 Å². The number of aromatic nitrogens is 1. The maximum absolute atomic E-state index is 11.7. The third-order valence-electron chi connectivity index (χ3n) is 2.16. The Labute approximate surface area is 91.5 Å². The van der Waals surface area contributed by atoms with Crippen LogP contribution in [0.15, 0.2) is 17.2 Å². The zero-order chi connectivity index (χ0) is 11.8. The second kappa shape index (κ2) is 3.89. The van der Waals surface area contributed by atoms with E-state index in [1.54, 1.807) is 0 Å². The number of carboxylic acid groups (broad SMARTS) is 1. The molecule has 1 fully saturated rings. The predicted molar refractivity (Wildman–Crippen MR) is 52.7 cm³/mol. The van der Waals surface area contributed by atoms with E-state index in [-0.39, 0.29) is 16.6 Å². The summed E-state index contributed by atoms with van der Waals surface area (Å²) in [6.45, 7) is 0.685. The van der Waals surface area contributed by atoms with Gasteiger partial charge in [0.1, 0.15) is 10.6 Å². The molecule has 88 valence electrons.